The standard InChI is InChI=1S/C12H16N6/c1-2-4-10(5-3-1)8-9-13-11-6-7-12-14-16-17-18(12)15-11/h4,6-7H,1-3,5,8-9H2,(H,13,15). The summed E-state index contributed by atoms with van der Waals surface area (Å²) in [6, 6.07) is 3.76. The number of fused-ring (bicyclic) bond motifs is 1. The van der Waals surface area contributed by atoms with E-state index >= 15 is 0 Å². The summed E-state index contributed by atoms with van der Waals surface area (Å²) >= 11 is 0. The second-order valence-corrected chi connectivity index (χ2v) is 4.53. The first-order chi connectivity index (χ1) is 8.92. The lowest BCUT2D eigenvalue weighted by Crippen LogP contribution is -2.07. The third kappa shape index (κ3) is 2.47. The van der Waals surface area contributed by atoms with Crippen molar-refractivity contribution in [1.29, 1.82) is 0 Å². The van der Waals surface area contributed by atoms with E-state index in [4.69, 9.17) is 0 Å². The molecule has 0 amide bonds. The first-order valence-corrected chi connectivity index (χ1v) is 6.39. The molecule has 0 spiro atoms. The minimum atomic E-state index is 0.663. The summed E-state index contributed by atoms with van der Waals surface area (Å²) < 4.78 is 1.43. The van der Waals surface area contributed by atoms with Gasteiger partial charge in [-0.3, -0.25) is 0 Å². The molecular weight excluding hydrogens is 228 g/mol. The van der Waals surface area contributed by atoms with E-state index in [-0.39, 0.29) is 0 Å². The van der Waals surface area contributed by atoms with Crippen molar-refractivity contribution in [2.75, 3.05) is 11.9 Å². The Labute approximate surface area is 105 Å². The molecule has 0 unspecified atom stereocenters. The second kappa shape index (κ2) is 5.12. The van der Waals surface area contributed by atoms with Crippen LogP contribution in [0.3, 0.4) is 0 Å². The van der Waals surface area contributed by atoms with Crippen LogP contribution >= 0.6 is 0 Å². The molecule has 0 radical (unpaired) electrons. The fourth-order valence-corrected chi connectivity index (χ4v) is 2.23. The number of anilines is 1. The lowest BCUT2D eigenvalue weighted by Gasteiger charge is -2.12. The number of allylic oxidation sites excluding steroid dienone is 1. The van der Waals surface area contributed by atoms with E-state index < -0.39 is 0 Å². The van der Waals surface area contributed by atoms with Crippen LogP contribution in [0.15, 0.2) is 23.8 Å². The van der Waals surface area contributed by atoms with Gasteiger partial charge in [-0.1, -0.05) is 11.6 Å². The maximum absolute atomic E-state index is 4.27. The van der Waals surface area contributed by atoms with Gasteiger partial charge in [0.25, 0.3) is 0 Å². The minimum absolute atomic E-state index is 0.663. The van der Waals surface area contributed by atoms with Gasteiger partial charge in [0.05, 0.1) is 0 Å². The number of nitrogens with one attached hydrogen (secondary N) is 1. The molecule has 3 rings (SSSR count). The van der Waals surface area contributed by atoms with E-state index in [2.05, 4.69) is 32.0 Å². The summed E-state index contributed by atoms with van der Waals surface area (Å²) in [5.41, 5.74) is 2.23. The summed E-state index contributed by atoms with van der Waals surface area (Å²) in [7, 11) is 0. The van der Waals surface area contributed by atoms with Gasteiger partial charge >= 0.3 is 0 Å². The topological polar surface area (TPSA) is 68.0 Å². The van der Waals surface area contributed by atoms with Crippen LogP contribution in [0.25, 0.3) is 5.65 Å². The van der Waals surface area contributed by atoms with Crippen molar-refractivity contribution in [2.45, 2.75) is 32.1 Å². The number of tetrazole rings is 1. The molecule has 0 aliphatic heterocycles. The van der Waals surface area contributed by atoms with Crippen LogP contribution in [-0.2, 0) is 0 Å². The van der Waals surface area contributed by atoms with E-state index in [1.807, 2.05) is 12.1 Å². The van der Waals surface area contributed by atoms with Gasteiger partial charge in [-0.2, -0.15) is 0 Å². The summed E-state index contributed by atoms with van der Waals surface area (Å²) in [5, 5.41) is 18.7. The Morgan fingerprint density at radius 3 is 3.17 bits per heavy atom. The number of rotatable bonds is 4. The van der Waals surface area contributed by atoms with Gasteiger partial charge in [0.2, 0.25) is 0 Å². The van der Waals surface area contributed by atoms with Crippen molar-refractivity contribution in [3.8, 4) is 0 Å². The fourth-order valence-electron chi connectivity index (χ4n) is 2.23. The van der Waals surface area contributed by atoms with Crippen LogP contribution in [0, 0.1) is 0 Å². The third-order valence-electron chi connectivity index (χ3n) is 3.21. The predicted molar refractivity (Wildman–Crippen MR) is 68.2 cm³/mol. The average molecular weight is 244 g/mol. The highest BCUT2D eigenvalue weighted by atomic mass is 15.6. The molecular formula is C12H16N6. The van der Waals surface area contributed by atoms with E-state index in [1.165, 1.54) is 30.3 Å². The van der Waals surface area contributed by atoms with Gasteiger partial charge in [-0.25, -0.2) is 0 Å². The minimum Gasteiger partial charge on any atom is -0.368 e. The lowest BCUT2D eigenvalue weighted by molar-refractivity contribution is 0.678. The van der Waals surface area contributed by atoms with Crippen LogP contribution in [0.4, 0.5) is 5.82 Å². The first-order valence-electron chi connectivity index (χ1n) is 6.39. The van der Waals surface area contributed by atoms with Gasteiger partial charge in [-0.15, -0.1) is 14.8 Å². The number of nitrogens with zero attached hydrogens (tertiary/aromatic N) is 5. The quantitative estimate of drug-likeness (QED) is 0.831. The fraction of sp³-hybridized carbons (Fsp3) is 0.500. The van der Waals surface area contributed by atoms with Crippen LogP contribution in [0.2, 0.25) is 0 Å². The Balaban J connectivity index is 1.57. The van der Waals surface area contributed by atoms with E-state index in [1.54, 1.807) is 5.57 Å². The van der Waals surface area contributed by atoms with Gasteiger partial charge in [0, 0.05) is 6.54 Å². The highest BCUT2D eigenvalue weighted by molar-refractivity contribution is 5.42. The molecule has 1 aliphatic carbocycles. The van der Waals surface area contributed by atoms with Gasteiger partial charge < -0.3 is 5.32 Å². The molecule has 1 N–H and O–H groups in total. The van der Waals surface area contributed by atoms with Crippen molar-refractivity contribution in [2.24, 2.45) is 0 Å². The Morgan fingerprint density at radius 1 is 1.28 bits per heavy atom. The van der Waals surface area contributed by atoms with Crippen molar-refractivity contribution in [1.82, 2.24) is 25.3 Å². The number of hydrogen-bond acceptors (Lipinski definition) is 5. The smallest absolute Gasteiger partial charge is 0.200 e. The largest absolute Gasteiger partial charge is 0.368 e. The Kier molecular flexibility index (Phi) is 3.16. The Morgan fingerprint density at radius 2 is 2.28 bits per heavy atom. The lowest BCUT2D eigenvalue weighted by atomic mass is 9.97. The molecule has 0 aromatic carbocycles. The Hall–Kier alpha value is -1.98. The average Bonchev–Trinajstić information content (AvgIpc) is 2.87. The first kappa shape index (κ1) is 11.1. The van der Waals surface area contributed by atoms with Crippen molar-refractivity contribution in [3.63, 3.8) is 0 Å². The maximum Gasteiger partial charge on any atom is 0.200 e. The van der Waals surface area contributed by atoms with Crippen LogP contribution in [0.5, 0.6) is 0 Å². The van der Waals surface area contributed by atoms with E-state index in [9.17, 15) is 0 Å². The van der Waals surface area contributed by atoms with Crippen LogP contribution in [0.1, 0.15) is 32.1 Å². The molecule has 0 bridgehead atoms. The molecule has 2 aromatic heterocycles. The molecule has 6 heteroatoms. The van der Waals surface area contributed by atoms with Crippen LogP contribution in [-0.4, -0.2) is 31.8 Å². The monoisotopic (exact) mass is 244 g/mol. The normalized spacial score (nSPS) is 15.7. The molecule has 0 saturated carbocycles. The molecule has 2 aromatic rings. The zero-order chi connectivity index (χ0) is 12.2. The molecule has 0 saturated heterocycles. The zero-order valence-corrected chi connectivity index (χ0v) is 10.2. The summed E-state index contributed by atoms with van der Waals surface area (Å²) in [6.07, 6.45) is 8.64. The summed E-state index contributed by atoms with van der Waals surface area (Å²) in [5.74, 6) is 0.811. The van der Waals surface area contributed by atoms with E-state index in [0.29, 0.717) is 5.65 Å². The third-order valence-corrected chi connectivity index (χ3v) is 3.21. The SMILES string of the molecule is C1=C(CCNc2ccc3nnnn3n2)CCCC1. The van der Waals surface area contributed by atoms with Crippen molar-refractivity contribution in [3.05, 3.63) is 23.8 Å². The Bertz CT molecular complexity index is 558. The number of hydrogen-bond donors (Lipinski definition) is 1. The van der Waals surface area contributed by atoms with Crippen LogP contribution < -0.4 is 5.32 Å². The van der Waals surface area contributed by atoms with Crippen molar-refractivity contribution < 1.29 is 0 Å². The zero-order valence-electron chi connectivity index (χ0n) is 10.2. The predicted octanol–water partition coefficient (Wildman–Crippen LogP) is 1.82. The van der Waals surface area contributed by atoms with Gasteiger partial charge in [0.15, 0.2) is 5.65 Å². The molecule has 2 heterocycles. The second-order valence-electron chi connectivity index (χ2n) is 4.53. The molecule has 0 atom stereocenters. The summed E-state index contributed by atoms with van der Waals surface area (Å²) in [4.78, 5) is 0. The maximum atomic E-state index is 4.27. The molecule has 0 fully saturated rings. The summed E-state index contributed by atoms with van der Waals surface area (Å²) in [6.45, 7) is 0.909. The molecule has 94 valence electrons. The highest BCUT2D eigenvalue weighted by Crippen LogP contribution is 2.19. The van der Waals surface area contributed by atoms with E-state index in [0.717, 1.165) is 18.8 Å². The van der Waals surface area contributed by atoms with Crippen molar-refractivity contribution >= 4 is 11.5 Å². The van der Waals surface area contributed by atoms with Gasteiger partial charge in [0.1, 0.15) is 5.82 Å². The van der Waals surface area contributed by atoms with Gasteiger partial charge in [-0.05, 0) is 54.7 Å². The highest BCUT2D eigenvalue weighted by Gasteiger charge is 2.04. The number of aromatic nitrogens is 5. The molecule has 18 heavy (non-hydrogen) atoms. The molecule has 6 nitrogen and oxygen atoms in total. The molecule has 1 aliphatic rings.